The standard InChI is InChI=1S/C7H8N2O2S2/c1-2-3-6-4-5-12-7(6)13(10,11)9-8/h1,4-5,9H,3,8H2. The van der Waals surface area contributed by atoms with Gasteiger partial charge in [0.25, 0.3) is 10.0 Å². The molecule has 1 heterocycles. The van der Waals surface area contributed by atoms with Gasteiger partial charge >= 0.3 is 0 Å². The molecule has 13 heavy (non-hydrogen) atoms. The van der Waals surface area contributed by atoms with Crippen molar-refractivity contribution in [2.24, 2.45) is 5.84 Å². The highest BCUT2D eigenvalue weighted by atomic mass is 32.2. The Hall–Kier alpha value is -0.870. The number of nitrogens with two attached hydrogens (primary N) is 1. The van der Waals surface area contributed by atoms with E-state index in [9.17, 15) is 8.42 Å². The summed E-state index contributed by atoms with van der Waals surface area (Å²) in [7, 11) is -3.56. The van der Waals surface area contributed by atoms with Gasteiger partial charge in [0.2, 0.25) is 0 Å². The van der Waals surface area contributed by atoms with Crippen LogP contribution in [0.1, 0.15) is 5.56 Å². The van der Waals surface area contributed by atoms with Gasteiger partial charge in [0.05, 0.1) is 0 Å². The molecule has 0 radical (unpaired) electrons. The highest BCUT2D eigenvalue weighted by Crippen LogP contribution is 2.22. The second-order valence-electron chi connectivity index (χ2n) is 2.24. The zero-order valence-electron chi connectivity index (χ0n) is 6.65. The number of sulfonamides is 1. The maximum Gasteiger partial charge on any atom is 0.262 e. The van der Waals surface area contributed by atoms with E-state index in [2.05, 4.69) is 5.92 Å². The van der Waals surface area contributed by atoms with E-state index >= 15 is 0 Å². The van der Waals surface area contributed by atoms with Gasteiger partial charge in [-0.25, -0.2) is 8.42 Å². The van der Waals surface area contributed by atoms with Crippen molar-refractivity contribution in [2.45, 2.75) is 10.6 Å². The predicted molar refractivity (Wildman–Crippen MR) is 51.4 cm³/mol. The lowest BCUT2D eigenvalue weighted by molar-refractivity contribution is 0.585. The van der Waals surface area contributed by atoms with Gasteiger partial charge in [-0.2, -0.15) is 0 Å². The van der Waals surface area contributed by atoms with Crippen LogP contribution < -0.4 is 10.7 Å². The van der Waals surface area contributed by atoms with Gasteiger partial charge in [0.1, 0.15) is 4.21 Å². The van der Waals surface area contributed by atoms with Crippen LogP contribution >= 0.6 is 11.3 Å². The molecule has 0 fully saturated rings. The van der Waals surface area contributed by atoms with Crippen LogP contribution in [0.2, 0.25) is 0 Å². The molecule has 0 spiro atoms. The molecule has 0 aliphatic heterocycles. The van der Waals surface area contributed by atoms with E-state index in [1.54, 1.807) is 16.3 Å². The number of rotatable bonds is 3. The minimum absolute atomic E-state index is 0.188. The van der Waals surface area contributed by atoms with Crippen molar-refractivity contribution < 1.29 is 8.42 Å². The number of nitrogens with one attached hydrogen (secondary N) is 1. The van der Waals surface area contributed by atoms with Crippen LogP contribution in [0, 0.1) is 12.3 Å². The van der Waals surface area contributed by atoms with Crippen LogP contribution in [-0.4, -0.2) is 8.42 Å². The third-order valence-electron chi connectivity index (χ3n) is 1.40. The molecular formula is C7H8N2O2S2. The van der Waals surface area contributed by atoms with Crippen LogP contribution in [-0.2, 0) is 16.4 Å². The van der Waals surface area contributed by atoms with Crippen molar-refractivity contribution in [1.29, 1.82) is 0 Å². The summed E-state index contributed by atoms with van der Waals surface area (Å²) < 4.78 is 22.7. The van der Waals surface area contributed by atoms with E-state index in [0.29, 0.717) is 12.0 Å². The Bertz CT molecular complexity index is 428. The fourth-order valence-corrected chi connectivity index (χ4v) is 2.91. The summed E-state index contributed by atoms with van der Waals surface area (Å²) in [5, 5.41) is 1.66. The first kappa shape index (κ1) is 10.2. The average Bonchev–Trinajstić information content (AvgIpc) is 2.54. The van der Waals surface area contributed by atoms with E-state index in [4.69, 9.17) is 12.3 Å². The van der Waals surface area contributed by atoms with Gasteiger partial charge in [-0.1, -0.05) is 0 Å². The number of hydrogen-bond donors (Lipinski definition) is 2. The summed E-state index contributed by atoms with van der Waals surface area (Å²) in [6, 6.07) is 1.68. The first-order valence-electron chi connectivity index (χ1n) is 3.34. The Morgan fingerprint density at radius 3 is 2.92 bits per heavy atom. The first-order valence-corrected chi connectivity index (χ1v) is 5.70. The Balaban J connectivity index is 3.17. The number of hydrogen-bond acceptors (Lipinski definition) is 4. The lowest BCUT2D eigenvalue weighted by Gasteiger charge is -2.00. The monoisotopic (exact) mass is 216 g/mol. The summed E-state index contributed by atoms with van der Waals surface area (Å²) in [4.78, 5) is 1.76. The zero-order valence-corrected chi connectivity index (χ0v) is 8.28. The Labute approximate surface area is 80.8 Å². The molecule has 4 nitrogen and oxygen atoms in total. The maximum atomic E-state index is 11.3. The quantitative estimate of drug-likeness (QED) is 0.427. The molecule has 0 aliphatic carbocycles. The van der Waals surface area contributed by atoms with E-state index in [0.717, 1.165) is 11.3 Å². The maximum absolute atomic E-state index is 11.3. The van der Waals surface area contributed by atoms with Crippen LogP contribution in [0.4, 0.5) is 0 Å². The molecule has 0 bridgehead atoms. The molecule has 0 atom stereocenters. The van der Waals surface area contributed by atoms with Crippen molar-refractivity contribution in [3.8, 4) is 12.3 Å². The number of terminal acetylenes is 1. The van der Waals surface area contributed by atoms with Gasteiger partial charge < -0.3 is 0 Å². The van der Waals surface area contributed by atoms with Crippen LogP contribution in [0.25, 0.3) is 0 Å². The zero-order chi connectivity index (χ0) is 9.90. The van der Waals surface area contributed by atoms with E-state index in [-0.39, 0.29) is 4.21 Å². The van der Waals surface area contributed by atoms with E-state index in [1.807, 2.05) is 0 Å². The summed E-state index contributed by atoms with van der Waals surface area (Å²) in [6.07, 6.45) is 5.37. The van der Waals surface area contributed by atoms with Crippen molar-refractivity contribution in [3.05, 3.63) is 17.0 Å². The third kappa shape index (κ3) is 2.08. The molecule has 1 aromatic heterocycles. The fraction of sp³-hybridized carbons (Fsp3) is 0.143. The SMILES string of the molecule is C#CCc1ccsc1S(=O)(=O)NN. The number of thiophene rings is 1. The van der Waals surface area contributed by atoms with Crippen molar-refractivity contribution >= 4 is 21.4 Å². The summed E-state index contributed by atoms with van der Waals surface area (Å²) in [5.74, 6) is 7.26. The minimum Gasteiger partial charge on any atom is -0.257 e. The van der Waals surface area contributed by atoms with Gasteiger partial charge in [-0.3, -0.25) is 5.84 Å². The minimum atomic E-state index is -3.56. The lowest BCUT2D eigenvalue weighted by atomic mass is 10.3. The van der Waals surface area contributed by atoms with Gasteiger partial charge in [0.15, 0.2) is 0 Å². The molecule has 0 saturated carbocycles. The molecule has 0 amide bonds. The van der Waals surface area contributed by atoms with Crippen LogP contribution in [0.5, 0.6) is 0 Å². The summed E-state index contributed by atoms with van der Waals surface area (Å²) in [6.45, 7) is 0. The molecule has 0 aromatic carbocycles. The van der Waals surface area contributed by atoms with Gasteiger partial charge in [-0.15, -0.1) is 28.5 Å². The van der Waals surface area contributed by atoms with Gasteiger partial charge in [-0.05, 0) is 17.0 Å². The largest absolute Gasteiger partial charge is 0.262 e. The average molecular weight is 216 g/mol. The molecule has 0 aliphatic rings. The molecular weight excluding hydrogens is 208 g/mol. The second-order valence-corrected chi connectivity index (χ2v) is 5.06. The molecule has 1 aromatic rings. The summed E-state index contributed by atoms with van der Waals surface area (Å²) in [5.41, 5.74) is 0.602. The highest BCUT2D eigenvalue weighted by Gasteiger charge is 2.17. The third-order valence-corrected chi connectivity index (χ3v) is 4.15. The van der Waals surface area contributed by atoms with E-state index in [1.165, 1.54) is 0 Å². The van der Waals surface area contributed by atoms with E-state index < -0.39 is 10.0 Å². The molecule has 0 unspecified atom stereocenters. The molecule has 0 saturated heterocycles. The van der Waals surface area contributed by atoms with Crippen molar-refractivity contribution in [1.82, 2.24) is 4.83 Å². The smallest absolute Gasteiger partial charge is 0.257 e. The Morgan fingerprint density at radius 1 is 1.69 bits per heavy atom. The normalized spacial score (nSPS) is 11.1. The summed E-state index contributed by atoms with van der Waals surface area (Å²) >= 11 is 1.09. The van der Waals surface area contributed by atoms with Crippen LogP contribution in [0.3, 0.4) is 0 Å². The highest BCUT2D eigenvalue weighted by molar-refractivity contribution is 7.91. The molecule has 3 N–H and O–H groups in total. The number of hydrazine groups is 1. The molecule has 1 rings (SSSR count). The topological polar surface area (TPSA) is 72.2 Å². The fourth-order valence-electron chi connectivity index (χ4n) is 0.852. The molecule has 70 valence electrons. The Kier molecular flexibility index (Phi) is 3.06. The van der Waals surface area contributed by atoms with Gasteiger partial charge in [0, 0.05) is 6.42 Å². The second kappa shape index (κ2) is 3.89. The predicted octanol–water partition coefficient (Wildman–Crippen LogP) is 0.0758. The van der Waals surface area contributed by atoms with Crippen LogP contribution in [0.15, 0.2) is 15.7 Å². The van der Waals surface area contributed by atoms with Crippen molar-refractivity contribution in [3.63, 3.8) is 0 Å². The first-order chi connectivity index (χ1) is 6.11. The lowest BCUT2D eigenvalue weighted by Crippen LogP contribution is -2.30. The Morgan fingerprint density at radius 2 is 2.38 bits per heavy atom. The van der Waals surface area contributed by atoms with Crippen molar-refractivity contribution in [2.75, 3.05) is 0 Å². The molecule has 6 heteroatoms.